The summed E-state index contributed by atoms with van der Waals surface area (Å²) in [6, 6.07) is 19.9. The van der Waals surface area contributed by atoms with Crippen LogP contribution in [0.3, 0.4) is 0 Å². The van der Waals surface area contributed by atoms with Crippen molar-refractivity contribution in [3.05, 3.63) is 71.1 Å². The van der Waals surface area contributed by atoms with Crippen molar-refractivity contribution in [3.63, 3.8) is 0 Å². The lowest BCUT2D eigenvalue weighted by Crippen LogP contribution is -2.12. The molecule has 2 aromatic heterocycles. The van der Waals surface area contributed by atoms with Gasteiger partial charge < -0.3 is 10.1 Å². The number of nitrogens with zero attached hydrogens (tertiary/aromatic N) is 2. The average molecular weight is 460 g/mol. The second-order valence-corrected chi connectivity index (χ2v) is 9.13. The van der Waals surface area contributed by atoms with E-state index in [-0.39, 0.29) is 5.91 Å². The zero-order valence-electron chi connectivity index (χ0n) is 17.7. The number of benzene rings is 2. The number of pyridine rings is 1. The van der Waals surface area contributed by atoms with Gasteiger partial charge in [-0.1, -0.05) is 30.3 Å². The smallest absolute Gasteiger partial charge is 0.225 e. The highest BCUT2D eigenvalue weighted by Gasteiger charge is 2.15. The molecule has 0 spiro atoms. The van der Waals surface area contributed by atoms with E-state index in [0.29, 0.717) is 22.7 Å². The van der Waals surface area contributed by atoms with Crippen molar-refractivity contribution in [3.8, 4) is 22.9 Å². The summed E-state index contributed by atoms with van der Waals surface area (Å²) < 4.78 is 5.19. The average Bonchev–Trinajstić information content (AvgIpc) is 3.21. The highest BCUT2D eigenvalue weighted by molar-refractivity contribution is 7.99. The van der Waals surface area contributed by atoms with Crippen molar-refractivity contribution in [2.75, 3.05) is 18.2 Å². The molecule has 1 N–H and O–H groups in total. The Bertz CT molecular complexity index is 1310. The third kappa shape index (κ3) is 4.77. The molecule has 4 aromatic rings. The van der Waals surface area contributed by atoms with Crippen LogP contribution < -0.4 is 10.1 Å². The van der Waals surface area contributed by atoms with Gasteiger partial charge in [0, 0.05) is 28.5 Å². The van der Waals surface area contributed by atoms with Gasteiger partial charge in [0.25, 0.3) is 0 Å². The summed E-state index contributed by atoms with van der Waals surface area (Å²) in [5, 5.41) is 17.1. The number of aromatic nitrogens is 1. The molecule has 2 aromatic carbocycles. The lowest BCUT2D eigenvalue weighted by molar-refractivity contribution is -0.115. The van der Waals surface area contributed by atoms with E-state index in [0.717, 1.165) is 32.8 Å². The zero-order chi connectivity index (χ0) is 22.5. The summed E-state index contributed by atoms with van der Waals surface area (Å²) in [5.41, 5.74) is 4.33. The van der Waals surface area contributed by atoms with Crippen molar-refractivity contribution in [1.82, 2.24) is 4.98 Å². The minimum absolute atomic E-state index is 0.116. The lowest BCUT2D eigenvalue weighted by Gasteiger charge is -2.07. The van der Waals surface area contributed by atoms with Crippen LogP contribution in [-0.2, 0) is 4.79 Å². The second kappa shape index (κ2) is 9.86. The lowest BCUT2D eigenvalue weighted by atomic mass is 10.0. The van der Waals surface area contributed by atoms with Gasteiger partial charge in [-0.15, -0.1) is 23.1 Å². The van der Waals surface area contributed by atoms with Gasteiger partial charge in [-0.2, -0.15) is 5.26 Å². The number of nitrogens with one attached hydrogen (secondary N) is 1. The highest BCUT2D eigenvalue weighted by Crippen LogP contribution is 2.35. The molecule has 1 amide bonds. The van der Waals surface area contributed by atoms with Crippen LogP contribution in [0.4, 0.5) is 5.00 Å². The number of thioether (sulfide) groups is 1. The molecular weight excluding hydrogens is 438 g/mol. The van der Waals surface area contributed by atoms with E-state index in [1.54, 1.807) is 18.9 Å². The van der Waals surface area contributed by atoms with Crippen LogP contribution in [-0.4, -0.2) is 23.8 Å². The number of ether oxygens (including phenoxy) is 1. The number of aryl methyl sites for hydroxylation is 1. The van der Waals surface area contributed by atoms with Gasteiger partial charge in [0.05, 0.1) is 23.2 Å². The van der Waals surface area contributed by atoms with Gasteiger partial charge in [-0.3, -0.25) is 4.79 Å². The molecule has 4 rings (SSSR count). The summed E-state index contributed by atoms with van der Waals surface area (Å²) in [5.74, 6) is 1.24. The van der Waals surface area contributed by atoms with E-state index in [1.165, 1.54) is 16.9 Å². The van der Waals surface area contributed by atoms with E-state index in [4.69, 9.17) is 4.74 Å². The fraction of sp³-hybridized carbons (Fsp3) is 0.160. The van der Waals surface area contributed by atoms with Crippen molar-refractivity contribution in [1.29, 1.82) is 5.26 Å². The van der Waals surface area contributed by atoms with Crippen LogP contribution in [0, 0.1) is 18.3 Å². The Balaban J connectivity index is 1.39. The number of thiophene rings is 1. The number of nitriles is 1. The monoisotopic (exact) mass is 459 g/mol. The molecule has 0 atom stereocenters. The molecule has 0 bridgehead atoms. The summed E-state index contributed by atoms with van der Waals surface area (Å²) in [6.07, 6.45) is 0.332. The fourth-order valence-electron chi connectivity index (χ4n) is 3.37. The maximum atomic E-state index is 12.5. The number of rotatable bonds is 7. The highest BCUT2D eigenvalue weighted by atomic mass is 32.2. The largest absolute Gasteiger partial charge is 0.497 e. The molecular formula is C25H21N3O2S2. The first kappa shape index (κ1) is 21.9. The Morgan fingerprint density at radius 3 is 2.75 bits per heavy atom. The first-order valence-electron chi connectivity index (χ1n) is 10.0. The normalized spacial score (nSPS) is 10.7. The summed E-state index contributed by atoms with van der Waals surface area (Å²) >= 11 is 2.92. The number of fused-ring (bicyclic) bond motifs is 1. The Morgan fingerprint density at radius 1 is 1.22 bits per heavy atom. The predicted molar refractivity (Wildman–Crippen MR) is 131 cm³/mol. The van der Waals surface area contributed by atoms with E-state index < -0.39 is 0 Å². The fourth-order valence-corrected chi connectivity index (χ4v) is 5.23. The zero-order valence-corrected chi connectivity index (χ0v) is 19.3. The maximum Gasteiger partial charge on any atom is 0.225 e. The van der Waals surface area contributed by atoms with Gasteiger partial charge in [-0.05, 0) is 42.3 Å². The number of carbonyl (C=O) groups excluding carboxylic acids is 1. The molecule has 0 aliphatic heterocycles. The third-order valence-corrected chi connectivity index (χ3v) is 6.84. The molecule has 0 fully saturated rings. The standard InChI is InChI=1S/C25H21N3O2S2/c1-16-13-24(27-22-6-4-3-5-19(16)22)31-12-11-23(29)28-25-20(14-26)21(15-32-25)17-7-9-18(30-2)10-8-17/h3-10,13,15H,11-12H2,1-2H3,(H,28,29). The van der Waals surface area contributed by atoms with Gasteiger partial charge in [0.2, 0.25) is 5.91 Å². The van der Waals surface area contributed by atoms with Crippen LogP contribution in [0.5, 0.6) is 5.75 Å². The Kier molecular flexibility index (Phi) is 6.74. The molecule has 0 aliphatic rings. The molecule has 5 nitrogen and oxygen atoms in total. The minimum atomic E-state index is -0.116. The number of para-hydroxylation sites is 1. The number of anilines is 1. The first-order chi connectivity index (χ1) is 15.6. The third-order valence-electron chi connectivity index (χ3n) is 5.04. The minimum Gasteiger partial charge on any atom is -0.497 e. The number of carbonyl (C=O) groups is 1. The van der Waals surface area contributed by atoms with Crippen LogP contribution in [0.1, 0.15) is 17.5 Å². The maximum absolute atomic E-state index is 12.5. The van der Waals surface area contributed by atoms with E-state index in [9.17, 15) is 10.1 Å². The molecule has 32 heavy (non-hydrogen) atoms. The molecule has 0 saturated carbocycles. The summed E-state index contributed by atoms with van der Waals surface area (Å²) in [6.45, 7) is 2.07. The summed E-state index contributed by atoms with van der Waals surface area (Å²) in [4.78, 5) is 17.2. The van der Waals surface area contributed by atoms with Crippen LogP contribution >= 0.6 is 23.1 Å². The number of hydrogen-bond acceptors (Lipinski definition) is 6. The summed E-state index contributed by atoms with van der Waals surface area (Å²) in [7, 11) is 1.61. The number of amides is 1. The van der Waals surface area contributed by atoms with Gasteiger partial charge in [-0.25, -0.2) is 4.98 Å². The van der Waals surface area contributed by atoms with Crippen LogP contribution in [0.15, 0.2) is 65.0 Å². The second-order valence-electron chi connectivity index (χ2n) is 7.13. The van der Waals surface area contributed by atoms with E-state index in [1.807, 2.05) is 47.8 Å². The molecule has 0 aliphatic carbocycles. The van der Waals surface area contributed by atoms with Gasteiger partial charge >= 0.3 is 0 Å². The van der Waals surface area contributed by atoms with E-state index in [2.05, 4.69) is 35.4 Å². The van der Waals surface area contributed by atoms with Crippen LogP contribution in [0.25, 0.3) is 22.0 Å². The predicted octanol–water partition coefficient (Wildman–Crippen LogP) is 6.27. The van der Waals surface area contributed by atoms with Crippen molar-refractivity contribution in [2.45, 2.75) is 18.4 Å². The molecule has 160 valence electrons. The Hall–Kier alpha value is -3.34. The van der Waals surface area contributed by atoms with Crippen molar-refractivity contribution >= 4 is 44.9 Å². The molecule has 7 heteroatoms. The number of hydrogen-bond donors (Lipinski definition) is 1. The van der Waals surface area contributed by atoms with Crippen molar-refractivity contribution < 1.29 is 9.53 Å². The Morgan fingerprint density at radius 2 is 2.00 bits per heavy atom. The topological polar surface area (TPSA) is 75.0 Å². The van der Waals surface area contributed by atoms with Crippen molar-refractivity contribution in [2.24, 2.45) is 0 Å². The van der Waals surface area contributed by atoms with Gasteiger partial charge in [0.15, 0.2) is 0 Å². The van der Waals surface area contributed by atoms with E-state index >= 15 is 0 Å². The quantitative estimate of drug-likeness (QED) is 0.330. The molecule has 0 radical (unpaired) electrons. The Labute approximate surface area is 195 Å². The number of methoxy groups -OCH3 is 1. The van der Waals surface area contributed by atoms with Gasteiger partial charge in [0.1, 0.15) is 16.8 Å². The first-order valence-corrected chi connectivity index (χ1v) is 11.9. The van der Waals surface area contributed by atoms with Crippen LogP contribution in [0.2, 0.25) is 0 Å². The molecule has 0 unspecified atom stereocenters. The molecule has 2 heterocycles. The molecule has 0 saturated heterocycles. The SMILES string of the molecule is COc1ccc(-c2csc(NC(=O)CCSc3cc(C)c4ccccc4n3)c2C#N)cc1.